The quantitative estimate of drug-likeness (QED) is 0.588. The highest BCUT2D eigenvalue weighted by atomic mass is 19.1. The van der Waals surface area contributed by atoms with Crippen molar-refractivity contribution in [1.82, 2.24) is 4.98 Å². The van der Waals surface area contributed by atoms with Gasteiger partial charge in [0.1, 0.15) is 0 Å². The first-order chi connectivity index (χ1) is 8.65. The van der Waals surface area contributed by atoms with Crippen LogP contribution in [-0.2, 0) is 6.42 Å². The zero-order valence-corrected chi connectivity index (χ0v) is 11.4. The predicted molar refractivity (Wildman–Crippen MR) is 73.3 cm³/mol. The number of aldehydes is 1. The van der Waals surface area contributed by atoms with E-state index in [1.807, 2.05) is 26.8 Å². The summed E-state index contributed by atoms with van der Waals surface area (Å²) in [6.45, 7) is 7.26. The molecule has 98 valence electrons. The van der Waals surface area contributed by atoms with Gasteiger partial charge in [0, 0.05) is 23.9 Å². The number of carbonyl (C=O) groups is 1. The van der Waals surface area contributed by atoms with Crippen molar-refractivity contribution < 1.29 is 9.18 Å². The van der Waals surface area contributed by atoms with Crippen molar-refractivity contribution in [2.45, 2.75) is 34.1 Å². The normalized spacial score (nSPS) is 11.6. The summed E-state index contributed by atoms with van der Waals surface area (Å²) < 4.78 is 12.7. The second-order valence-corrected chi connectivity index (χ2v) is 3.47. The van der Waals surface area contributed by atoms with Gasteiger partial charge in [-0.2, -0.15) is 0 Å². The van der Waals surface area contributed by atoms with Gasteiger partial charge >= 0.3 is 0 Å². The molecule has 0 amide bonds. The van der Waals surface area contributed by atoms with E-state index in [0.717, 1.165) is 17.6 Å². The molecule has 0 bridgehead atoms. The number of hydrogen-bond acceptors (Lipinski definition) is 2. The lowest BCUT2D eigenvalue weighted by molar-refractivity contribution is 0.112. The number of rotatable bonds is 4. The van der Waals surface area contributed by atoms with E-state index < -0.39 is 0 Å². The molecule has 0 unspecified atom stereocenters. The summed E-state index contributed by atoms with van der Waals surface area (Å²) in [7, 11) is 0. The number of pyridine rings is 1. The van der Waals surface area contributed by atoms with Crippen LogP contribution in [0, 0.1) is 0 Å². The summed E-state index contributed by atoms with van der Waals surface area (Å²) in [6, 6.07) is 3.48. The summed E-state index contributed by atoms with van der Waals surface area (Å²) in [4.78, 5) is 14.6. The lowest BCUT2D eigenvalue weighted by atomic mass is 10.1. The van der Waals surface area contributed by atoms with E-state index in [-0.39, 0.29) is 5.83 Å². The number of halogens is 1. The molecule has 1 heterocycles. The zero-order chi connectivity index (χ0) is 14.0. The van der Waals surface area contributed by atoms with E-state index in [1.54, 1.807) is 12.1 Å². The van der Waals surface area contributed by atoms with Crippen molar-refractivity contribution in [3.63, 3.8) is 0 Å². The largest absolute Gasteiger partial charge is 0.298 e. The van der Waals surface area contributed by atoms with E-state index in [0.29, 0.717) is 12.0 Å². The molecular weight excluding hydrogens is 229 g/mol. The number of aromatic nitrogens is 1. The minimum Gasteiger partial charge on any atom is -0.298 e. The van der Waals surface area contributed by atoms with Gasteiger partial charge < -0.3 is 0 Å². The molecule has 0 saturated carbocycles. The van der Waals surface area contributed by atoms with Crippen molar-refractivity contribution in [3.8, 4) is 0 Å². The van der Waals surface area contributed by atoms with E-state index in [9.17, 15) is 9.18 Å². The van der Waals surface area contributed by atoms with Crippen molar-refractivity contribution in [3.05, 3.63) is 53.1 Å². The van der Waals surface area contributed by atoms with Gasteiger partial charge in [-0.05, 0) is 37.6 Å². The maximum absolute atomic E-state index is 12.7. The molecular formula is C15H20FNO. The molecule has 2 nitrogen and oxygen atoms in total. The highest BCUT2D eigenvalue weighted by Crippen LogP contribution is 2.10. The minimum absolute atomic E-state index is 0.224. The zero-order valence-electron chi connectivity index (χ0n) is 11.4. The molecule has 0 N–H and O–H groups in total. The van der Waals surface area contributed by atoms with Gasteiger partial charge in [0.15, 0.2) is 6.29 Å². The molecule has 0 aromatic carbocycles. The topological polar surface area (TPSA) is 30.0 Å². The molecule has 0 aliphatic rings. The fraction of sp³-hybridized carbons (Fsp3) is 0.333. The van der Waals surface area contributed by atoms with E-state index in [2.05, 4.69) is 4.98 Å². The Kier molecular flexibility index (Phi) is 8.37. The summed E-state index contributed by atoms with van der Waals surface area (Å²) in [5.74, 6) is -0.224. The molecule has 3 heteroatoms. The van der Waals surface area contributed by atoms with Crippen LogP contribution in [0.5, 0.6) is 0 Å². The van der Waals surface area contributed by atoms with Crippen LogP contribution in [-0.4, -0.2) is 11.3 Å². The van der Waals surface area contributed by atoms with Crippen molar-refractivity contribution in [1.29, 1.82) is 0 Å². The van der Waals surface area contributed by atoms with Crippen LogP contribution in [0.2, 0.25) is 0 Å². The molecule has 1 rings (SSSR count). The molecule has 0 atom stereocenters. The second kappa shape index (κ2) is 9.28. The predicted octanol–water partition coefficient (Wildman–Crippen LogP) is 4.28. The van der Waals surface area contributed by atoms with Gasteiger partial charge in [-0.3, -0.25) is 9.78 Å². The van der Waals surface area contributed by atoms with Crippen LogP contribution in [0.1, 0.15) is 43.7 Å². The van der Waals surface area contributed by atoms with E-state index in [1.165, 1.54) is 19.2 Å². The van der Waals surface area contributed by atoms with Crippen LogP contribution >= 0.6 is 0 Å². The molecule has 0 aliphatic carbocycles. The number of carbonyl (C=O) groups excluding carboxylic acids is 1. The van der Waals surface area contributed by atoms with Crippen molar-refractivity contribution in [2.75, 3.05) is 0 Å². The number of allylic oxidation sites excluding steroid dienone is 4. The standard InChI is InChI=1S/C13H14FNO.C2H6/c1-3-11(6-10(2)14)7-13-5-4-12(9-16)8-15-13;1-2/h3-6,8-9H,7H2,1-2H3;1-2H3/b10-6+,11-3+;. The Labute approximate surface area is 108 Å². The highest BCUT2D eigenvalue weighted by Gasteiger charge is 1.99. The van der Waals surface area contributed by atoms with Gasteiger partial charge in [0.2, 0.25) is 0 Å². The Morgan fingerprint density at radius 1 is 1.39 bits per heavy atom. The average molecular weight is 249 g/mol. The first-order valence-corrected chi connectivity index (χ1v) is 6.05. The van der Waals surface area contributed by atoms with Gasteiger partial charge in [0.05, 0.1) is 5.83 Å². The van der Waals surface area contributed by atoms with Crippen LogP contribution in [0.15, 0.2) is 41.9 Å². The molecule has 18 heavy (non-hydrogen) atoms. The summed E-state index contributed by atoms with van der Waals surface area (Å²) >= 11 is 0. The Morgan fingerprint density at radius 3 is 2.44 bits per heavy atom. The Bertz CT molecular complexity index is 415. The van der Waals surface area contributed by atoms with Gasteiger partial charge in [-0.1, -0.05) is 19.9 Å². The molecule has 0 radical (unpaired) electrons. The lowest BCUT2D eigenvalue weighted by Gasteiger charge is -2.01. The SMILES string of the molecule is C/C=C(\C=C(/C)F)Cc1ccc(C=O)cn1.CC. The van der Waals surface area contributed by atoms with Crippen LogP contribution < -0.4 is 0 Å². The number of hydrogen-bond donors (Lipinski definition) is 0. The third kappa shape index (κ3) is 6.09. The van der Waals surface area contributed by atoms with E-state index in [4.69, 9.17) is 0 Å². The third-order valence-electron chi connectivity index (χ3n) is 2.12. The fourth-order valence-electron chi connectivity index (χ4n) is 1.31. The first-order valence-electron chi connectivity index (χ1n) is 6.05. The molecule has 0 fully saturated rings. The second-order valence-electron chi connectivity index (χ2n) is 3.47. The summed E-state index contributed by atoms with van der Waals surface area (Å²) in [6.07, 6.45) is 6.16. The minimum atomic E-state index is -0.224. The fourth-order valence-corrected chi connectivity index (χ4v) is 1.31. The maximum Gasteiger partial charge on any atom is 0.151 e. The Morgan fingerprint density at radius 2 is 2.06 bits per heavy atom. The van der Waals surface area contributed by atoms with Gasteiger partial charge in [-0.15, -0.1) is 0 Å². The third-order valence-corrected chi connectivity index (χ3v) is 2.12. The van der Waals surface area contributed by atoms with Crippen LogP contribution in [0.3, 0.4) is 0 Å². The molecule has 0 aliphatic heterocycles. The average Bonchev–Trinajstić information content (AvgIpc) is 2.40. The summed E-state index contributed by atoms with van der Waals surface area (Å²) in [5.41, 5.74) is 2.23. The van der Waals surface area contributed by atoms with Gasteiger partial charge in [0.25, 0.3) is 0 Å². The van der Waals surface area contributed by atoms with Crippen molar-refractivity contribution in [2.24, 2.45) is 0 Å². The van der Waals surface area contributed by atoms with Crippen molar-refractivity contribution >= 4 is 6.29 Å². The van der Waals surface area contributed by atoms with Crippen LogP contribution in [0.4, 0.5) is 4.39 Å². The van der Waals surface area contributed by atoms with E-state index >= 15 is 0 Å². The lowest BCUT2D eigenvalue weighted by Crippen LogP contribution is -1.93. The Hall–Kier alpha value is -1.77. The van der Waals surface area contributed by atoms with Crippen LogP contribution in [0.25, 0.3) is 0 Å². The Balaban J connectivity index is 0.00000137. The molecule has 0 saturated heterocycles. The number of nitrogens with zero attached hydrogens (tertiary/aromatic N) is 1. The van der Waals surface area contributed by atoms with Gasteiger partial charge in [-0.25, -0.2) is 4.39 Å². The molecule has 0 spiro atoms. The highest BCUT2D eigenvalue weighted by molar-refractivity contribution is 5.73. The molecule has 1 aromatic rings. The summed E-state index contributed by atoms with van der Waals surface area (Å²) in [5, 5.41) is 0. The monoisotopic (exact) mass is 249 g/mol. The maximum atomic E-state index is 12.7. The first kappa shape index (κ1) is 16.2. The molecule has 1 aromatic heterocycles. The smallest absolute Gasteiger partial charge is 0.151 e.